The molecule has 0 fully saturated rings. The van der Waals surface area contributed by atoms with E-state index in [1.54, 1.807) is 18.4 Å². The van der Waals surface area contributed by atoms with E-state index in [1.165, 1.54) is 4.90 Å². The Morgan fingerprint density at radius 1 is 1.31 bits per heavy atom. The molecule has 1 unspecified atom stereocenters. The number of hydrogen-bond donors (Lipinski definition) is 1. The average Bonchev–Trinajstić information content (AvgIpc) is 3.08. The molecule has 138 valence electrons. The fourth-order valence-corrected chi connectivity index (χ4v) is 4.06. The van der Waals surface area contributed by atoms with E-state index in [9.17, 15) is 4.79 Å². The van der Waals surface area contributed by atoms with Crippen molar-refractivity contribution in [3.63, 3.8) is 0 Å². The van der Waals surface area contributed by atoms with Gasteiger partial charge in [-0.1, -0.05) is 13.0 Å². The summed E-state index contributed by atoms with van der Waals surface area (Å²) in [6.07, 6.45) is 1.30. The number of guanidine groups is 1. The van der Waals surface area contributed by atoms with Gasteiger partial charge in [0.1, 0.15) is 11.3 Å². The highest BCUT2D eigenvalue weighted by atomic mass is 32.1. The van der Waals surface area contributed by atoms with Crippen LogP contribution in [0.1, 0.15) is 37.1 Å². The molecule has 0 spiro atoms. The van der Waals surface area contributed by atoms with Gasteiger partial charge in [0.2, 0.25) is 5.91 Å². The van der Waals surface area contributed by atoms with Gasteiger partial charge in [0.25, 0.3) is 0 Å². The maximum Gasteiger partial charge on any atom is 0.231 e. The Morgan fingerprint density at radius 3 is 2.77 bits per heavy atom. The molecule has 5 nitrogen and oxygen atoms in total. The van der Waals surface area contributed by atoms with Crippen molar-refractivity contribution in [1.82, 2.24) is 4.90 Å². The summed E-state index contributed by atoms with van der Waals surface area (Å²) in [5.41, 5.74) is 8.69. The number of rotatable bonds is 5. The molecule has 0 saturated heterocycles. The molecule has 2 aromatic rings. The molecule has 1 atom stereocenters. The Hall–Kier alpha value is -2.34. The third-order valence-corrected chi connectivity index (χ3v) is 5.75. The molecular weight excluding hydrogens is 346 g/mol. The van der Waals surface area contributed by atoms with Gasteiger partial charge in [-0.3, -0.25) is 9.69 Å². The molecule has 0 radical (unpaired) electrons. The Bertz CT molecular complexity index is 858. The van der Waals surface area contributed by atoms with Gasteiger partial charge < -0.3 is 10.5 Å². The van der Waals surface area contributed by atoms with Crippen molar-refractivity contribution in [2.75, 3.05) is 13.7 Å². The minimum Gasteiger partial charge on any atom is -0.494 e. The first-order valence-electron chi connectivity index (χ1n) is 8.78. The lowest BCUT2D eigenvalue weighted by Crippen LogP contribution is -2.47. The van der Waals surface area contributed by atoms with Crippen molar-refractivity contribution < 1.29 is 9.53 Å². The molecule has 1 aromatic carbocycles. The van der Waals surface area contributed by atoms with Crippen LogP contribution in [0.15, 0.2) is 34.6 Å². The molecule has 26 heavy (non-hydrogen) atoms. The Labute approximate surface area is 158 Å². The molecule has 3 rings (SSSR count). The number of hydrogen-bond acceptors (Lipinski definition) is 5. The van der Waals surface area contributed by atoms with Gasteiger partial charge in [0.05, 0.1) is 13.0 Å². The van der Waals surface area contributed by atoms with Gasteiger partial charge in [-0.25, -0.2) is 4.99 Å². The van der Waals surface area contributed by atoms with Crippen LogP contribution in [0.25, 0.3) is 11.1 Å². The third kappa shape index (κ3) is 3.60. The van der Waals surface area contributed by atoms with E-state index in [0.717, 1.165) is 33.7 Å². The number of nitrogens with zero attached hydrogens (tertiary/aromatic N) is 2. The molecule has 2 heterocycles. The number of ether oxygens (including phenoxy) is 1. The number of amides is 1. The van der Waals surface area contributed by atoms with Gasteiger partial charge in [-0.05, 0) is 60.5 Å². The van der Waals surface area contributed by atoms with Gasteiger partial charge in [0, 0.05) is 11.9 Å². The number of benzene rings is 1. The number of thiophene rings is 1. The van der Waals surface area contributed by atoms with Crippen molar-refractivity contribution in [3.05, 3.63) is 40.1 Å². The Balaban J connectivity index is 1.93. The van der Waals surface area contributed by atoms with Crippen molar-refractivity contribution in [2.24, 2.45) is 10.7 Å². The van der Waals surface area contributed by atoms with E-state index < -0.39 is 5.54 Å². The maximum atomic E-state index is 12.2. The quantitative estimate of drug-likeness (QED) is 0.866. The second-order valence-electron chi connectivity index (χ2n) is 6.96. The summed E-state index contributed by atoms with van der Waals surface area (Å²) in [5, 5.41) is 2.10. The van der Waals surface area contributed by atoms with Crippen LogP contribution in [0, 0.1) is 6.92 Å². The van der Waals surface area contributed by atoms with Gasteiger partial charge in [-0.15, -0.1) is 11.3 Å². The predicted octanol–water partition coefficient (Wildman–Crippen LogP) is 3.90. The van der Waals surface area contributed by atoms with Crippen LogP contribution in [0.3, 0.4) is 0 Å². The first kappa shape index (κ1) is 18.5. The number of aryl methyl sites for hydroxylation is 1. The number of nitrogens with two attached hydrogens (primary N) is 1. The molecule has 1 aromatic heterocycles. The highest BCUT2D eigenvalue weighted by molar-refractivity contribution is 7.10. The Morgan fingerprint density at radius 2 is 2.08 bits per heavy atom. The number of carbonyl (C=O) groups is 1. The summed E-state index contributed by atoms with van der Waals surface area (Å²) in [5.74, 6) is 1.14. The minimum absolute atomic E-state index is 0.0132. The first-order chi connectivity index (χ1) is 12.3. The van der Waals surface area contributed by atoms with E-state index in [4.69, 9.17) is 10.5 Å². The lowest BCUT2D eigenvalue weighted by molar-refractivity contribution is -0.128. The second-order valence-corrected chi connectivity index (χ2v) is 7.87. The monoisotopic (exact) mass is 371 g/mol. The molecule has 0 aliphatic carbocycles. The van der Waals surface area contributed by atoms with E-state index >= 15 is 0 Å². The number of carbonyl (C=O) groups excluding carboxylic acids is 1. The molecule has 1 aliphatic heterocycles. The summed E-state index contributed by atoms with van der Waals surface area (Å²) < 4.78 is 5.80. The van der Waals surface area contributed by atoms with Crippen LogP contribution >= 0.6 is 11.3 Å². The average molecular weight is 372 g/mol. The van der Waals surface area contributed by atoms with Crippen LogP contribution in [-0.4, -0.2) is 30.4 Å². The largest absolute Gasteiger partial charge is 0.494 e. The van der Waals surface area contributed by atoms with E-state index in [1.807, 2.05) is 13.0 Å². The second kappa shape index (κ2) is 7.11. The molecular formula is C20H25N3O2S. The van der Waals surface area contributed by atoms with Gasteiger partial charge in [0.15, 0.2) is 5.96 Å². The van der Waals surface area contributed by atoms with Crippen molar-refractivity contribution in [3.8, 4) is 16.9 Å². The highest BCUT2D eigenvalue weighted by Crippen LogP contribution is 2.39. The molecule has 2 N–H and O–H groups in total. The lowest BCUT2D eigenvalue weighted by atomic mass is 9.93. The van der Waals surface area contributed by atoms with Crippen molar-refractivity contribution in [2.45, 2.75) is 39.2 Å². The van der Waals surface area contributed by atoms with Crippen LogP contribution in [0.2, 0.25) is 0 Å². The fraction of sp³-hybridized carbons (Fsp3) is 0.400. The summed E-state index contributed by atoms with van der Waals surface area (Å²) in [6, 6.07) is 8.37. The van der Waals surface area contributed by atoms with E-state index in [2.05, 4.69) is 42.4 Å². The highest BCUT2D eigenvalue weighted by Gasteiger charge is 2.37. The molecule has 1 aliphatic rings. The summed E-state index contributed by atoms with van der Waals surface area (Å²) in [4.78, 5) is 19.2. The fourth-order valence-electron chi connectivity index (χ4n) is 3.04. The van der Waals surface area contributed by atoms with Crippen LogP contribution in [0.5, 0.6) is 5.75 Å². The minimum atomic E-state index is -0.609. The maximum absolute atomic E-state index is 12.2. The SMILES string of the molecule is CCCOc1cc(C)cc(-c2csc(C3(C)CC(=O)N(C)C(N)=N3)c2)c1. The molecule has 0 saturated carbocycles. The van der Waals surface area contributed by atoms with Gasteiger partial charge in [-0.2, -0.15) is 0 Å². The van der Waals surface area contributed by atoms with Crippen LogP contribution in [0.4, 0.5) is 0 Å². The zero-order valence-corrected chi connectivity index (χ0v) is 16.5. The van der Waals surface area contributed by atoms with E-state index in [0.29, 0.717) is 13.0 Å². The normalized spacial score (nSPS) is 20.2. The Kier molecular flexibility index (Phi) is 5.05. The zero-order valence-electron chi connectivity index (χ0n) is 15.7. The number of aliphatic imine (C=N–C) groups is 1. The van der Waals surface area contributed by atoms with Crippen LogP contribution < -0.4 is 10.5 Å². The van der Waals surface area contributed by atoms with Crippen molar-refractivity contribution in [1.29, 1.82) is 0 Å². The zero-order chi connectivity index (χ0) is 18.9. The third-order valence-electron chi connectivity index (χ3n) is 4.56. The van der Waals surface area contributed by atoms with Gasteiger partial charge >= 0.3 is 0 Å². The molecule has 6 heteroatoms. The first-order valence-corrected chi connectivity index (χ1v) is 9.66. The van der Waals surface area contributed by atoms with Crippen LogP contribution in [-0.2, 0) is 10.3 Å². The summed E-state index contributed by atoms with van der Waals surface area (Å²) in [7, 11) is 1.66. The molecule has 0 bridgehead atoms. The topological polar surface area (TPSA) is 67.9 Å². The summed E-state index contributed by atoms with van der Waals surface area (Å²) >= 11 is 1.61. The molecule has 1 amide bonds. The van der Waals surface area contributed by atoms with Crippen molar-refractivity contribution >= 4 is 23.2 Å². The summed E-state index contributed by atoms with van der Waals surface area (Å²) in [6.45, 7) is 6.83. The standard InChI is InChI=1S/C20H25N3O2S/c1-5-6-25-16-8-13(2)7-14(9-16)15-10-17(26-12-15)20(3)11-18(24)23(4)19(21)22-20/h7-10,12H,5-6,11H2,1-4H3,(H2,21,22). The predicted molar refractivity (Wildman–Crippen MR) is 107 cm³/mol. The smallest absolute Gasteiger partial charge is 0.231 e. The van der Waals surface area contributed by atoms with E-state index in [-0.39, 0.29) is 11.9 Å². The lowest BCUT2D eigenvalue weighted by Gasteiger charge is -2.32.